The summed E-state index contributed by atoms with van der Waals surface area (Å²) in [5.41, 5.74) is 1.67. The summed E-state index contributed by atoms with van der Waals surface area (Å²) in [7, 11) is 1.69. The molecule has 25 heavy (non-hydrogen) atoms. The van der Waals surface area contributed by atoms with Crippen molar-refractivity contribution >= 4 is 11.7 Å². The number of carbonyl (C=O) groups excluding carboxylic acids is 1. The number of nitrogens with one attached hydrogen (secondary N) is 1. The average Bonchev–Trinajstić information content (AvgIpc) is 3.33. The maximum atomic E-state index is 12.2. The fourth-order valence-electron chi connectivity index (χ4n) is 2.62. The van der Waals surface area contributed by atoms with Gasteiger partial charge in [-0.3, -0.25) is 0 Å². The minimum Gasteiger partial charge on any atom is -0.467 e. The van der Waals surface area contributed by atoms with Crippen molar-refractivity contribution in [2.75, 3.05) is 18.9 Å². The van der Waals surface area contributed by atoms with E-state index in [1.54, 1.807) is 13.3 Å². The van der Waals surface area contributed by atoms with Crippen LogP contribution in [0, 0.1) is 5.92 Å². The third-order valence-electron chi connectivity index (χ3n) is 4.25. The summed E-state index contributed by atoms with van der Waals surface area (Å²) in [4.78, 5) is 13.7. The number of anilines is 1. The zero-order chi connectivity index (χ0) is 17.6. The van der Waals surface area contributed by atoms with Crippen LogP contribution in [0.3, 0.4) is 0 Å². The molecule has 1 saturated carbocycles. The summed E-state index contributed by atoms with van der Waals surface area (Å²) in [5, 5.41) is 12.8. The molecule has 6 heteroatoms. The quantitative estimate of drug-likeness (QED) is 0.771. The van der Waals surface area contributed by atoms with Gasteiger partial charge in [0, 0.05) is 19.3 Å². The second kappa shape index (κ2) is 8.18. The highest BCUT2D eigenvalue weighted by Gasteiger charge is 2.31. The Labute approximate surface area is 147 Å². The maximum absolute atomic E-state index is 12.2. The van der Waals surface area contributed by atoms with Crippen LogP contribution in [-0.2, 0) is 18.0 Å². The van der Waals surface area contributed by atoms with Gasteiger partial charge in [0.1, 0.15) is 12.4 Å². The molecule has 2 N–H and O–H groups in total. The first-order valence-electron chi connectivity index (χ1n) is 8.51. The van der Waals surface area contributed by atoms with Crippen LogP contribution in [0.25, 0.3) is 0 Å². The van der Waals surface area contributed by atoms with E-state index in [0.29, 0.717) is 31.4 Å². The van der Waals surface area contributed by atoms with Gasteiger partial charge in [0.05, 0.1) is 19.0 Å². The molecule has 1 aliphatic carbocycles. The number of nitrogens with zero attached hydrogens (tertiary/aromatic N) is 1. The molecular formula is C19H24N2O4. The molecular weight excluding hydrogens is 320 g/mol. The number of benzene rings is 1. The fourth-order valence-corrected chi connectivity index (χ4v) is 2.62. The van der Waals surface area contributed by atoms with E-state index in [4.69, 9.17) is 9.15 Å². The summed E-state index contributed by atoms with van der Waals surface area (Å²) < 4.78 is 10.8. The molecule has 1 fully saturated rings. The number of rotatable bonds is 8. The summed E-state index contributed by atoms with van der Waals surface area (Å²) in [6.45, 7) is 1.19. The predicted octanol–water partition coefficient (Wildman–Crippen LogP) is 3.23. The number of hydrogen-bond acceptors (Lipinski definition) is 4. The van der Waals surface area contributed by atoms with Crippen LogP contribution in [0.2, 0.25) is 0 Å². The van der Waals surface area contributed by atoms with Gasteiger partial charge in [-0.2, -0.15) is 0 Å². The summed E-state index contributed by atoms with van der Waals surface area (Å²) in [6, 6.07) is 11.0. The number of aliphatic hydroxyl groups is 1. The van der Waals surface area contributed by atoms with Crippen LogP contribution in [0.4, 0.5) is 10.5 Å². The molecule has 0 bridgehead atoms. The lowest BCUT2D eigenvalue weighted by molar-refractivity contribution is 0.0930. The van der Waals surface area contributed by atoms with E-state index in [0.717, 1.165) is 24.2 Å². The van der Waals surface area contributed by atoms with Crippen molar-refractivity contribution in [1.82, 2.24) is 4.90 Å². The fraction of sp³-hybridized carbons (Fsp3) is 0.421. The first kappa shape index (κ1) is 17.5. The summed E-state index contributed by atoms with van der Waals surface area (Å²) >= 11 is 0. The Morgan fingerprint density at radius 2 is 2.20 bits per heavy atom. The smallest absolute Gasteiger partial charge is 0.321 e. The lowest BCUT2D eigenvalue weighted by atomic mass is 10.2. The molecule has 134 valence electrons. The van der Waals surface area contributed by atoms with Gasteiger partial charge in [0.15, 0.2) is 0 Å². The van der Waals surface area contributed by atoms with Gasteiger partial charge in [-0.1, -0.05) is 12.1 Å². The molecule has 6 nitrogen and oxygen atoms in total. The van der Waals surface area contributed by atoms with Crippen LogP contribution in [0.15, 0.2) is 47.1 Å². The van der Waals surface area contributed by atoms with Crippen molar-refractivity contribution in [2.24, 2.45) is 5.92 Å². The molecule has 1 heterocycles. The van der Waals surface area contributed by atoms with E-state index in [9.17, 15) is 9.90 Å². The van der Waals surface area contributed by atoms with Crippen LogP contribution in [-0.4, -0.2) is 35.7 Å². The standard InChI is InChI=1S/C19H24N2O4/c1-21(11-18(22)15-7-8-15)19(23)20-16-5-2-4-14(10-16)12-24-13-17-6-3-9-25-17/h2-6,9-10,15,18,22H,7-8,11-13H2,1H3,(H,20,23). The molecule has 2 aromatic rings. The number of aliphatic hydroxyl groups excluding tert-OH is 1. The number of ether oxygens (including phenoxy) is 1. The molecule has 0 radical (unpaired) electrons. The highest BCUT2D eigenvalue weighted by Crippen LogP contribution is 2.32. The monoisotopic (exact) mass is 344 g/mol. The SMILES string of the molecule is CN(CC(O)C1CC1)C(=O)Nc1cccc(COCc2ccco2)c1. The molecule has 0 aliphatic heterocycles. The lowest BCUT2D eigenvalue weighted by Crippen LogP contribution is -2.38. The number of amides is 2. The molecule has 1 unspecified atom stereocenters. The Morgan fingerprint density at radius 3 is 2.92 bits per heavy atom. The van der Waals surface area contributed by atoms with Gasteiger partial charge in [-0.25, -0.2) is 4.79 Å². The predicted molar refractivity (Wildman–Crippen MR) is 94.0 cm³/mol. The Hall–Kier alpha value is -2.31. The Bertz CT molecular complexity index is 682. The number of urea groups is 1. The van der Waals surface area contributed by atoms with Crippen LogP contribution in [0.5, 0.6) is 0 Å². The van der Waals surface area contributed by atoms with Gasteiger partial charge in [-0.05, 0) is 48.6 Å². The summed E-state index contributed by atoms with van der Waals surface area (Å²) in [6.07, 6.45) is 3.29. The van der Waals surface area contributed by atoms with Crippen molar-refractivity contribution < 1.29 is 19.1 Å². The van der Waals surface area contributed by atoms with Gasteiger partial charge in [0.2, 0.25) is 0 Å². The molecule has 1 atom stereocenters. The number of carbonyl (C=O) groups is 1. The maximum Gasteiger partial charge on any atom is 0.321 e. The van der Waals surface area contributed by atoms with Crippen molar-refractivity contribution in [1.29, 1.82) is 0 Å². The third-order valence-corrected chi connectivity index (χ3v) is 4.25. The van der Waals surface area contributed by atoms with E-state index in [2.05, 4.69) is 5.32 Å². The van der Waals surface area contributed by atoms with E-state index in [1.807, 2.05) is 36.4 Å². The Balaban J connectivity index is 1.47. The molecule has 0 saturated heterocycles. The zero-order valence-electron chi connectivity index (χ0n) is 14.4. The normalized spacial score (nSPS) is 15.0. The van der Waals surface area contributed by atoms with E-state index >= 15 is 0 Å². The third kappa shape index (κ3) is 5.34. The minimum atomic E-state index is -0.433. The van der Waals surface area contributed by atoms with Crippen LogP contribution < -0.4 is 5.32 Å². The lowest BCUT2D eigenvalue weighted by Gasteiger charge is -2.21. The van der Waals surface area contributed by atoms with Crippen molar-refractivity contribution in [2.45, 2.75) is 32.2 Å². The van der Waals surface area contributed by atoms with E-state index in [-0.39, 0.29) is 6.03 Å². The number of hydrogen-bond donors (Lipinski definition) is 2. The zero-order valence-corrected chi connectivity index (χ0v) is 14.4. The van der Waals surface area contributed by atoms with Crippen LogP contribution in [0.1, 0.15) is 24.2 Å². The van der Waals surface area contributed by atoms with Gasteiger partial charge in [-0.15, -0.1) is 0 Å². The molecule has 3 rings (SSSR count). The van der Waals surface area contributed by atoms with Gasteiger partial charge in [0.25, 0.3) is 0 Å². The molecule has 2 amide bonds. The van der Waals surface area contributed by atoms with Crippen molar-refractivity contribution in [3.8, 4) is 0 Å². The van der Waals surface area contributed by atoms with Gasteiger partial charge < -0.3 is 24.5 Å². The van der Waals surface area contributed by atoms with E-state index < -0.39 is 6.10 Å². The molecule has 0 spiro atoms. The number of likely N-dealkylation sites (N-methyl/N-ethyl adjacent to an activating group) is 1. The Morgan fingerprint density at radius 1 is 1.36 bits per heavy atom. The first-order valence-corrected chi connectivity index (χ1v) is 8.51. The number of furan rings is 1. The molecule has 1 aliphatic rings. The Kier molecular flexibility index (Phi) is 5.73. The second-order valence-corrected chi connectivity index (χ2v) is 6.49. The summed E-state index contributed by atoms with van der Waals surface area (Å²) in [5.74, 6) is 1.13. The first-order chi connectivity index (χ1) is 12.1. The van der Waals surface area contributed by atoms with E-state index in [1.165, 1.54) is 4.90 Å². The van der Waals surface area contributed by atoms with Crippen LogP contribution >= 0.6 is 0 Å². The second-order valence-electron chi connectivity index (χ2n) is 6.49. The van der Waals surface area contributed by atoms with Crippen molar-refractivity contribution in [3.05, 3.63) is 54.0 Å². The largest absolute Gasteiger partial charge is 0.467 e. The van der Waals surface area contributed by atoms with Crippen molar-refractivity contribution in [3.63, 3.8) is 0 Å². The highest BCUT2D eigenvalue weighted by molar-refractivity contribution is 5.89. The van der Waals surface area contributed by atoms with Gasteiger partial charge >= 0.3 is 6.03 Å². The molecule has 1 aromatic heterocycles. The molecule has 1 aromatic carbocycles. The topological polar surface area (TPSA) is 74.9 Å². The highest BCUT2D eigenvalue weighted by atomic mass is 16.5. The average molecular weight is 344 g/mol. The minimum absolute atomic E-state index is 0.228.